The van der Waals surface area contributed by atoms with Gasteiger partial charge in [-0.2, -0.15) is 0 Å². The number of allylic oxidation sites excluding steroid dienone is 1. The predicted octanol–water partition coefficient (Wildman–Crippen LogP) is 5.88. The largest absolute Gasteiger partial charge is 0.489 e. The van der Waals surface area contributed by atoms with E-state index >= 15 is 0 Å². The third kappa shape index (κ3) is 3.31. The van der Waals surface area contributed by atoms with Gasteiger partial charge in [-0.15, -0.1) is 0 Å². The highest BCUT2D eigenvalue weighted by molar-refractivity contribution is 6.41. The van der Waals surface area contributed by atoms with Crippen LogP contribution in [0.5, 0.6) is 5.75 Å². The molecule has 0 N–H and O–H groups in total. The molecule has 1 aliphatic rings. The van der Waals surface area contributed by atoms with Gasteiger partial charge in [0.05, 0.1) is 5.57 Å². The molecule has 0 aliphatic heterocycles. The number of carbonyl (C=O) groups excluding carboxylic acids is 2. The Hall–Kier alpha value is -3.98. The Bertz CT molecular complexity index is 1280. The van der Waals surface area contributed by atoms with Gasteiger partial charge in [-0.1, -0.05) is 72.8 Å². The Morgan fingerprint density at radius 1 is 0.667 bits per heavy atom. The van der Waals surface area contributed by atoms with Crippen LogP contribution in [0.3, 0.4) is 0 Å². The Kier molecular flexibility index (Phi) is 4.49. The lowest BCUT2D eigenvalue weighted by molar-refractivity contribution is 0.0990. The van der Waals surface area contributed by atoms with Crippen LogP contribution in [0.1, 0.15) is 31.8 Å². The molecular weight excluding hydrogens is 372 g/mol. The summed E-state index contributed by atoms with van der Waals surface area (Å²) >= 11 is 0. The highest BCUT2D eigenvalue weighted by Crippen LogP contribution is 2.28. The standard InChI is InChI=1S/C27H18O3/c28-26-23-7-3-4-8-24(23)27(29)25(26)16-18-10-13-22(14-11-18)30-17-19-9-12-20-5-1-2-6-21(20)15-19/h1-16H,17H2. The van der Waals surface area contributed by atoms with Crippen LogP contribution in [0.4, 0.5) is 0 Å². The normalized spacial score (nSPS) is 12.9. The van der Waals surface area contributed by atoms with Crippen molar-refractivity contribution in [3.63, 3.8) is 0 Å². The molecular formula is C27H18O3. The van der Waals surface area contributed by atoms with Gasteiger partial charge in [-0.25, -0.2) is 0 Å². The SMILES string of the molecule is O=C1C(=Cc2ccc(OCc3ccc4ccccc4c3)cc2)C(=O)c2ccccc21. The van der Waals surface area contributed by atoms with E-state index in [1.54, 1.807) is 30.3 Å². The number of carbonyl (C=O) groups is 2. The number of ketones is 2. The van der Waals surface area contributed by atoms with Crippen LogP contribution in [0.25, 0.3) is 16.8 Å². The third-order valence-corrected chi connectivity index (χ3v) is 5.32. The Morgan fingerprint density at radius 3 is 2.00 bits per heavy atom. The molecule has 0 saturated carbocycles. The Morgan fingerprint density at radius 2 is 1.30 bits per heavy atom. The zero-order chi connectivity index (χ0) is 20.5. The van der Waals surface area contributed by atoms with Gasteiger partial charge in [-0.3, -0.25) is 9.59 Å². The second-order valence-corrected chi connectivity index (χ2v) is 7.30. The summed E-state index contributed by atoms with van der Waals surface area (Å²) in [7, 11) is 0. The van der Waals surface area contributed by atoms with Crippen molar-refractivity contribution in [2.75, 3.05) is 0 Å². The topological polar surface area (TPSA) is 43.4 Å². The van der Waals surface area contributed by atoms with Crippen LogP contribution in [0, 0.1) is 0 Å². The molecule has 0 amide bonds. The van der Waals surface area contributed by atoms with Crippen molar-refractivity contribution >= 4 is 28.4 Å². The molecule has 0 heterocycles. The van der Waals surface area contributed by atoms with Gasteiger partial charge in [0.2, 0.25) is 0 Å². The van der Waals surface area contributed by atoms with Gasteiger partial charge in [-0.05, 0) is 46.2 Å². The third-order valence-electron chi connectivity index (χ3n) is 5.32. The number of hydrogen-bond donors (Lipinski definition) is 0. The van der Waals surface area contributed by atoms with Crippen LogP contribution in [0.15, 0.2) is 96.6 Å². The van der Waals surface area contributed by atoms with Gasteiger partial charge >= 0.3 is 0 Å². The monoisotopic (exact) mass is 390 g/mol. The molecule has 0 aromatic heterocycles. The first-order chi connectivity index (χ1) is 14.7. The summed E-state index contributed by atoms with van der Waals surface area (Å²) < 4.78 is 5.90. The van der Waals surface area contributed by atoms with E-state index in [1.165, 1.54) is 10.8 Å². The molecule has 3 heteroatoms. The lowest BCUT2D eigenvalue weighted by Crippen LogP contribution is -2.00. The van der Waals surface area contributed by atoms with Crippen molar-refractivity contribution in [3.8, 4) is 5.75 Å². The van der Waals surface area contributed by atoms with Crippen molar-refractivity contribution in [1.29, 1.82) is 0 Å². The van der Waals surface area contributed by atoms with E-state index in [0.29, 0.717) is 17.7 Å². The fraction of sp³-hybridized carbons (Fsp3) is 0.0370. The van der Waals surface area contributed by atoms with Crippen molar-refractivity contribution in [3.05, 3.63) is 119 Å². The highest BCUT2D eigenvalue weighted by Gasteiger charge is 2.32. The molecule has 4 aromatic carbocycles. The molecule has 4 aromatic rings. The van der Waals surface area contributed by atoms with Crippen molar-refractivity contribution < 1.29 is 14.3 Å². The summed E-state index contributed by atoms with van der Waals surface area (Å²) in [6, 6.07) is 28.9. The van der Waals surface area contributed by atoms with Crippen molar-refractivity contribution in [2.45, 2.75) is 6.61 Å². The van der Waals surface area contributed by atoms with Crippen molar-refractivity contribution in [2.24, 2.45) is 0 Å². The number of rotatable bonds is 4. The summed E-state index contributed by atoms with van der Waals surface area (Å²) in [4.78, 5) is 25.0. The number of hydrogen-bond acceptors (Lipinski definition) is 3. The summed E-state index contributed by atoms with van der Waals surface area (Å²) in [5, 5.41) is 2.39. The average molecular weight is 390 g/mol. The number of fused-ring (bicyclic) bond motifs is 2. The lowest BCUT2D eigenvalue weighted by atomic mass is 10.1. The van der Waals surface area contributed by atoms with Crippen LogP contribution in [0.2, 0.25) is 0 Å². The molecule has 0 fully saturated rings. The lowest BCUT2D eigenvalue weighted by Gasteiger charge is -2.08. The fourth-order valence-corrected chi connectivity index (χ4v) is 3.73. The molecule has 5 rings (SSSR count). The minimum Gasteiger partial charge on any atom is -0.489 e. The van der Waals surface area contributed by atoms with E-state index in [1.807, 2.05) is 36.4 Å². The molecule has 144 valence electrons. The van der Waals surface area contributed by atoms with Crippen LogP contribution in [-0.2, 0) is 6.61 Å². The summed E-state index contributed by atoms with van der Waals surface area (Å²) in [5.74, 6) is 0.303. The first-order valence-electron chi connectivity index (χ1n) is 9.80. The molecule has 0 atom stereocenters. The van der Waals surface area contributed by atoms with Crippen molar-refractivity contribution in [1.82, 2.24) is 0 Å². The Labute approximate surface area is 174 Å². The first-order valence-corrected chi connectivity index (χ1v) is 9.80. The predicted molar refractivity (Wildman–Crippen MR) is 118 cm³/mol. The molecule has 0 unspecified atom stereocenters. The number of Topliss-reactive ketones (excluding diaryl/α,β-unsaturated/α-hetero) is 2. The number of benzene rings is 4. The van der Waals surface area contributed by atoms with Gasteiger partial charge < -0.3 is 4.74 Å². The molecule has 0 bridgehead atoms. The van der Waals surface area contributed by atoms with Crippen LogP contribution >= 0.6 is 0 Å². The zero-order valence-corrected chi connectivity index (χ0v) is 16.2. The first kappa shape index (κ1) is 18.1. The molecule has 0 radical (unpaired) electrons. The smallest absolute Gasteiger partial charge is 0.197 e. The average Bonchev–Trinajstić information content (AvgIpc) is 3.03. The Balaban J connectivity index is 1.30. The quantitative estimate of drug-likeness (QED) is 0.323. The summed E-state index contributed by atoms with van der Waals surface area (Å²) in [6.45, 7) is 0.470. The maximum Gasteiger partial charge on any atom is 0.197 e. The van der Waals surface area contributed by atoms with Gasteiger partial charge in [0.25, 0.3) is 0 Å². The second-order valence-electron chi connectivity index (χ2n) is 7.30. The van der Waals surface area contributed by atoms with E-state index in [-0.39, 0.29) is 17.1 Å². The van der Waals surface area contributed by atoms with Crippen LogP contribution < -0.4 is 4.74 Å². The van der Waals surface area contributed by atoms with Gasteiger partial charge in [0.15, 0.2) is 11.6 Å². The molecule has 3 nitrogen and oxygen atoms in total. The minimum atomic E-state index is -0.216. The van der Waals surface area contributed by atoms with Gasteiger partial charge in [0, 0.05) is 11.1 Å². The molecule has 1 aliphatic carbocycles. The summed E-state index contributed by atoms with van der Waals surface area (Å²) in [6.07, 6.45) is 1.65. The zero-order valence-electron chi connectivity index (χ0n) is 16.2. The maximum absolute atomic E-state index is 12.5. The van der Waals surface area contributed by atoms with E-state index in [0.717, 1.165) is 16.9 Å². The van der Waals surface area contributed by atoms with Gasteiger partial charge in [0.1, 0.15) is 12.4 Å². The summed E-state index contributed by atoms with van der Waals surface area (Å²) in [5.41, 5.74) is 3.05. The second kappa shape index (κ2) is 7.45. The molecule has 0 spiro atoms. The van der Waals surface area contributed by atoms with E-state index in [9.17, 15) is 9.59 Å². The van der Waals surface area contributed by atoms with E-state index < -0.39 is 0 Å². The van der Waals surface area contributed by atoms with E-state index in [2.05, 4.69) is 30.3 Å². The maximum atomic E-state index is 12.5. The molecule has 0 saturated heterocycles. The number of ether oxygens (including phenoxy) is 1. The van der Waals surface area contributed by atoms with Crippen LogP contribution in [-0.4, -0.2) is 11.6 Å². The highest BCUT2D eigenvalue weighted by atomic mass is 16.5. The fourth-order valence-electron chi connectivity index (χ4n) is 3.73. The minimum absolute atomic E-state index is 0.209. The van der Waals surface area contributed by atoms with E-state index in [4.69, 9.17) is 4.74 Å². The molecule has 30 heavy (non-hydrogen) atoms.